The molecule has 4 heterocycles. The first-order chi connectivity index (χ1) is 30.0. The van der Waals surface area contributed by atoms with Gasteiger partial charge in [0.15, 0.2) is 0 Å². The van der Waals surface area contributed by atoms with E-state index in [9.17, 15) is 19.2 Å². The Kier molecular flexibility index (Phi) is 15.2. The minimum atomic E-state index is -0.697. The van der Waals surface area contributed by atoms with Crippen LogP contribution in [0.5, 0.6) is 0 Å². The smallest absolute Gasteiger partial charge is 0.239 e. The Labute approximate surface area is 373 Å². The third kappa shape index (κ3) is 10.3. The molecule has 7 rings (SSSR count). The van der Waals surface area contributed by atoms with Crippen LogP contribution >= 0.6 is 12.1 Å². The third-order valence-electron chi connectivity index (χ3n) is 13.9. The van der Waals surface area contributed by atoms with Gasteiger partial charge in [0.1, 0.15) is 18.4 Å². The Balaban J connectivity index is 0.860. The molecular formula is C48H67N9O4S. The number of piperidine rings is 2. The Hall–Kier alpha value is -4.21. The molecule has 1 N–H and O–H groups in total. The van der Waals surface area contributed by atoms with Gasteiger partial charge in [-0.05, 0) is 114 Å². The third-order valence-corrected chi connectivity index (χ3v) is 15.0. The Morgan fingerprint density at radius 3 is 2.48 bits per heavy atom. The van der Waals surface area contributed by atoms with Crippen LogP contribution in [-0.2, 0) is 19.2 Å². The Morgan fingerprint density at radius 1 is 1.03 bits per heavy atom. The minimum absolute atomic E-state index is 0.207. The summed E-state index contributed by atoms with van der Waals surface area (Å²) in [6, 6.07) is 8.55. The van der Waals surface area contributed by atoms with Crippen molar-refractivity contribution >= 4 is 61.2 Å². The monoisotopic (exact) mass is 866 g/mol. The number of carbonyl (C=O) groups excluding carboxylic acids is 4. The van der Waals surface area contributed by atoms with Crippen molar-refractivity contribution in [3.63, 3.8) is 0 Å². The maximum absolute atomic E-state index is 13.6. The van der Waals surface area contributed by atoms with E-state index in [1.54, 1.807) is 0 Å². The first-order valence-corrected chi connectivity index (χ1v) is 23.4. The van der Waals surface area contributed by atoms with E-state index >= 15 is 0 Å². The number of aldehydes is 2. The molecule has 6 aliphatic rings. The molecule has 14 heteroatoms. The number of carbonyl (C=O) groups is 4. The lowest BCUT2D eigenvalue weighted by atomic mass is 9.74. The van der Waals surface area contributed by atoms with Crippen LogP contribution in [0.4, 0.5) is 5.69 Å². The highest BCUT2D eigenvalue weighted by Gasteiger charge is 2.62. The molecule has 1 aromatic carbocycles. The summed E-state index contributed by atoms with van der Waals surface area (Å²) in [5.74, 6) is 1.46. The fraction of sp³-hybridized carbons (Fsp3) is 0.583. The number of amides is 2. The molecule has 334 valence electrons. The number of aliphatic imine (C=N–C) groups is 2. The average molecular weight is 866 g/mol. The van der Waals surface area contributed by atoms with Crippen molar-refractivity contribution in [3.05, 3.63) is 71.7 Å². The van der Waals surface area contributed by atoms with E-state index in [-0.39, 0.29) is 24.8 Å². The zero-order chi connectivity index (χ0) is 43.9. The molecule has 1 aromatic rings. The number of benzene rings is 1. The molecule has 3 unspecified atom stereocenters. The maximum atomic E-state index is 13.6. The van der Waals surface area contributed by atoms with Crippen LogP contribution in [-0.4, -0.2) is 146 Å². The van der Waals surface area contributed by atoms with Gasteiger partial charge in [-0.1, -0.05) is 44.2 Å². The van der Waals surface area contributed by atoms with Gasteiger partial charge >= 0.3 is 0 Å². The van der Waals surface area contributed by atoms with Gasteiger partial charge in [-0.3, -0.25) is 24.8 Å². The number of hydrogen-bond donors (Lipinski definition) is 1. The molecule has 62 heavy (non-hydrogen) atoms. The number of allylic oxidation sites excluding steroid dienone is 4. The minimum Gasteiger partial charge on any atom is -0.371 e. The number of hydrogen-bond acceptors (Lipinski definition) is 12. The second-order valence-corrected chi connectivity index (χ2v) is 19.9. The van der Waals surface area contributed by atoms with Crippen molar-refractivity contribution < 1.29 is 19.2 Å². The van der Waals surface area contributed by atoms with E-state index in [1.807, 2.05) is 60.5 Å². The van der Waals surface area contributed by atoms with Gasteiger partial charge in [0.05, 0.1) is 18.1 Å². The lowest BCUT2D eigenvalue weighted by Crippen LogP contribution is -2.61. The van der Waals surface area contributed by atoms with Crippen molar-refractivity contribution in [1.82, 2.24) is 28.6 Å². The van der Waals surface area contributed by atoms with E-state index in [0.717, 1.165) is 119 Å². The molecule has 0 aromatic heterocycles. The molecule has 0 bridgehead atoms. The van der Waals surface area contributed by atoms with E-state index in [1.165, 1.54) is 23.4 Å². The topological polar surface area (TPSA) is 124 Å². The average Bonchev–Trinajstić information content (AvgIpc) is 3.91. The summed E-state index contributed by atoms with van der Waals surface area (Å²) in [5.41, 5.74) is 4.63. The van der Waals surface area contributed by atoms with Crippen molar-refractivity contribution in [2.45, 2.75) is 95.7 Å². The molecular weight excluding hydrogens is 799 g/mol. The quantitative estimate of drug-likeness (QED) is 0.0684. The maximum Gasteiger partial charge on any atom is 0.239 e. The molecule has 2 spiro atoms. The van der Waals surface area contributed by atoms with Gasteiger partial charge in [-0.25, -0.2) is 13.6 Å². The molecule has 3 atom stereocenters. The van der Waals surface area contributed by atoms with E-state index in [0.29, 0.717) is 42.7 Å². The summed E-state index contributed by atoms with van der Waals surface area (Å²) >= 11 is 1.92. The fourth-order valence-corrected chi connectivity index (χ4v) is 11.7. The molecule has 3 saturated heterocycles. The van der Waals surface area contributed by atoms with Crippen LogP contribution in [0.25, 0.3) is 5.57 Å². The lowest BCUT2D eigenvalue weighted by Gasteiger charge is -2.55. The molecule has 2 amide bonds. The Bertz CT molecular complexity index is 1940. The summed E-state index contributed by atoms with van der Waals surface area (Å²) in [7, 11) is 3.81. The van der Waals surface area contributed by atoms with Crippen LogP contribution in [0.15, 0.2) is 76.1 Å². The van der Waals surface area contributed by atoms with Gasteiger partial charge in [0, 0.05) is 105 Å². The van der Waals surface area contributed by atoms with Crippen molar-refractivity contribution in [3.8, 4) is 0 Å². The number of likely N-dealkylation sites (N-methyl/N-ethyl adjacent to an activating group) is 1. The summed E-state index contributed by atoms with van der Waals surface area (Å²) in [5, 5.41) is 3.66. The summed E-state index contributed by atoms with van der Waals surface area (Å²) in [6.07, 6.45) is 19.9. The first-order valence-electron chi connectivity index (χ1n) is 22.7. The van der Waals surface area contributed by atoms with Crippen LogP contribution in [0.2, 0.25) is 0 Å². The second-order valence-electron chi connectivity index (χ2n) is 18.7. The van der Waals surface area contributed by atoms with Gasteiger partial charge in [0.25, 0.3) is 0 Å². The summed E-state index contributed by atoms with van der Waals surface area (Å²) in [6.45, 7) is 17.8. The van der Waals surface area contributed by atoms with Crippen molar-refractivity contribution in [2.75, 3.05) is 71.5 Å². The number of nitrogens with one attached hydrogen (secondary N) is 1. The van der Waals surface area contributed by atoms with Crippen LogP contribution < -0.4 is 10.2 Å². The van der Waals surface area contributed by atoms with Crippen molar-refractivity contribution in [1.29, 1.82) is 0 Å². The van der Waals surface area contributed by atoms with Gasteiger partial charge in [0.2, 0.25) is 12.3 Å². The molecule has 4 aliphatic heterocycles. The van der Waals surface area contributed by atoms with E-state index in [4.69, 9.17) is 4.99 Å². The number of rotatable bonds is 21. The molecule has 5 fully saturated rings. The molecule has 0 radical (unpaired) electrons. The molecule has 2 saturated carbocycles. The SMILES string of the molecule is C=NC1=C(/C=N\CNC2CCN(SN3CC4(CCCN(c5cccc(C(=C)/C=C\C=C(/CN(C)C)N(C=O)C(C=O)CCC=O)c5)C4)C3)CC2)C2(CC2)C(=O)N1C1CCCC1C. The normalized spacial score (nSPS) is 24.8. The number of anilines is 1. The van der Waals surface area contributed by atoms with Gasteiger partial charge < -0.3 is 24.3 Å². The number of nitrogens with zero attached hydrogens (tertiary/aromatic N) is 8. The Morgan fingerprint density at radius 2 is 1.82 bits per heavy atom. The highest BCUT2D eigenvalue weighted by molar-refractivity contribution is 7.94. The van der Waals surface area contributed by atoms with Crippen molar-refractivity contribution in [2.24, 2.45) is 26.7 Å². The standard InChI is InChI=1S/C48H67N9O4S/c1-36(11-6-15-41(29-52(4)5)56(35-60)42(30-59)16-9-26-58)38-13-8-14-40(27-38)53-23-10-20-47(31-53)32-55(33-47)62-54-24-18-39(19-25-54)51-34-50-28-43-45(49-3)57(44-17-7-12-37(44)2)46(61)48(43)21-22-48/h6,8,11,13-15,26-28,30,35,37,39,42,44,51H,1,3,7,9-10,12,16-25,29,31-34H2,2,4-5H3/b11-6-,41-15+,50-28-. The zero-order valence-electron chi connectivity index (χ0n) is 37.1. The zero-order valence-corrected chi connectivity index (χ0v) is 37.9. The predicted molar refractivity (Wildman–Crippen MR) is 250 cm³/mol. The second kappa shape index (κ2) is 20.5. The van der Waals surface area contributed by atoms with Crippen LogP contribution in [0.3, 0.4) is 0 Å². The first kappa shape index (κ1) is 45.8. The fourth-order valence-electron chi connectivity index (χ4n) is 10.3. The van der Waals surface area contributed by atoms with E-state index < -0.39 is 11.5 Å². The molecule has 2 aliphatic carbocycles. The van der Waals surface area contributed by atoms with Gasteiger partial charge in [-0.15, -0.1) is 0 Å². The molecule has 13 nitrogen and oxygen atoms in total. The summed E-state index contributed by atoms with van der Waals surface area (Å²) in [4.78, 5) is 65.5. The van der Waals surface area contributed by atoms with Gasteiger partial charge in [-0.2, -0.15) is 0 Å². The van der Waals surface area contributed by atoms with Crippen LogP contribution in [0.1, 0.15) is 83.1 Å². The largest absolute Gasteiger partial charge is 0.371 e. The highest BCUT2D eigenvalue weighted by atomic mass is 32.2. The lowest BCUT2D eigenvalue weighted by molar-refractivity contribution is -0.134. The predicted octanol–water partition coefficient (Wildman–Crippen LogP) is 5.98. The van der Waals surface area contributed by atoms with E-state index in [2.05, 4.69) is 68.3 Å². The summed E-state index contributed by atoms with van der Waals surface area (Å²) < 4.78 is 5.06. The highest BCUT2D eigenvalue weighted by Crippen LogP contribution is 2.59. The van der Waals surface area contributed by atoms with Crippen LogP contribution in [0, 0.1) is 16.7 Å².